The predicted molar refractivity (Wildman–Crippen MR) is 98.2 cm³/mol. The third kappa shape index (κ3) is 3.21. The molecule has 134 valence electrons. The van der Waals surface area contributed by atoms with E-state index in [0.717, 1.165) is 5.56 Å². The van der Waals surface area contributed by atoms with Crippen molar-refractivity contribution in [2.24, 2.45) is 0 Å². The topological polar surface area (TPSA) is 92.8 Å². The van der Waals surface area contributed by atoms with Gasteiger partial charge in [-0.25, -0.2) is 0 Å². The molecule has 2 N–H and O–H groups in total. The van der Waals surface area contributed by atoms with Gasteiger partial charge < -0.3 is 19.4 Å². The maximum atomic E-state index is 12.7. The summed E-state index contributed by atoms with van der Waals surface area (Å²) in [6.45, 7) is 2.27. The van der Waals surface area contributed by atoms with Crippen LogP contribution in [0.2, 0.25) is 5.02 Å². The van der Waals surface area contributed by atoms with Crippen LogP contribution in [0.15, 0.2) is 52.4 Å². The maximum absolute atomic E-state index is 12.7. The summed E-state index contributed by atoms with van der Waals surface area (Å²) in [5.74, 6) is -1.36. The standard InChI is InChI=1S/C18H16ClN3O4/c1-2-20-17(25)13-10-21-6-7-22(9-11-4-3-5-12(19)8-11)18(26)14(21)16(24)15(13)23/h3-8,10,24H,2,9H2,1H3,(H,20,25). The summed E-state index contributed by atoms with van der Waals surface area (Å²) in [7, 11) is 0. The van der Waals surface area contributed by atoms with Gasteiger partial charge in [-0.15, -0.1) is 0 Å². The van der Waals surface area contributed by atoms with Gasteiger partial charge in [-0.2, -0.15) is 0 Å². The molecule has 0 saturated heterocycles. The second-order valence-electron chi connectivity index (χ2n) is 5.70. The lowest BCUT2D eigenvalue weighted by molar-refractivity contribution is 0.0954. The highest BCUT2D eigenvalue weighted by Crippen LogP contribution is 2.13. The van der Waals surface area contributed by atoms with Crippen LogP contribution in [0.25, 0.3) is 5.52 Å². The van der Waals surface area contributed by atoms with Gasteiger partial charge in [0.2, 0.25) is 5.43 Å². The van der Waals surface area contributed by atoms with E-state index in [4.69, 9.17) is 11.6 Å². The maximum Gasteiger partial charge on any atom is 0.279 e. The number of amides is 1. The van der Waals surface area contributed by atoms with Crippen LogP contribution in [0.5, 0.6) is 5.75 Å². The molecule has 3 aromatic rings. The fourth-order valence-corrected chi connectivity index (χ4v) is 2.89. The van der Waals surface area contributed by atoms with Crippen molar-refractivity contribution in [1.29, 1.82) is 0 Å². The average Bonchev–Trinajstić information content (AvgIpc) is 2.60. The van der Waals surface area contributed by atoms with Crippen molar-refractivity contribution in [3.05, 3.63) is 79.6 Å². The molecule has 0 unspecified atom stereocenters. The number of hydrogen-bond acceptors (Lipinski definition) is 4. The Balaban J connectivity index is 2.14. The molecule has 2 aromatic heterocycles. The Labute approximate surface area is 153 Å². The molecule has 0 spiro atoms. The molecule has 1 aromatic carbocycles. The average molecular weight is 374 g/mol. The minimum Gasteiger partial charge on any atom is -0.503 e. The second-order valence-corrected chi connectivity index (χ2v) is 6.13. The van der Waals surface area contributed by atoms with E-state index in [0.29, 0.717) is 11.6 Å². The number of nitrogens with one attached hydrogen (secondary N) is 1. The van der Waals surface area contributed by atoms with Crippen LogP contribution < -0.4 is 16.3 Å². The SMILES string of the molecule is CCNC(=O)c1cn2ccn(Cc3cccc(Cl)c3)c(=O)c2c(O)c1=O. The van der Waals surface area contributed by atoms with Gasteiger partial charge in [0.15, 0.2) is 11.3 Å². The number of nitrogens with zero attached hydrogens (tertiary/aromatic N) is 2. The van der Waals surface area contributed by atoms with Crippen molar-refractivity contribution in [3.8, 4) is 5.75 Å². The van der Waals surface area contributed by atoms with Crippen LogP contribution in [0.3, 0.4) is 0 Å². The second kappa shape index (κ2) is 7.05. The molecule has 0 atom stereocenters. The van der Waals surface area contributed by atoms with E-state index in [1.54, 1.807) is 25.1 Å². The molecule has 0 aliphatic heterocycles. The number of carbonyl (C=O) groups excluding carboxylic acids is 1. The predicted octanol–water partition coefficient (Wildman–Crippen LogP) is 1.62. The molecule has 0 bridgehead atoms. The molecule has 3 rings (SSSR count). The Morgan fingerprint density at radius 1 is 1.27 bits per heavy atom. The first-order chi connectivity index (χ1) is 12.4. The number of pyridine rings is 1. The summed E-state index contributed by atoms with van der Waals surface area (Å²) in [5, 5.41) is 13.3. The van der Waals surface area contributed by atoms with Crippen LogP contribution in [0.1, 0.15) is 22.8 Å². The highest BCUT2D eigenvalue weighted by molar-refractivity contribution is 6.30. The molecule has 0 fully saturated rings. The molecule has 0 saturated carbocycles. The fraction of sp³-hybridized carbons (Fsp3) is 0.167. The Kier molecular flexibility index (Phi) is 4.81. The highest BCUT2D eigenvalue weighted by Gasteiger charge is 2.18. The number of carbonyl (C=O) groups is 1. The van der Waals surface area contributed by atoms with Crippen LogP contribution >= 0.6 is 11.6 Å². The summed E-state index contributed by atoms with van der Waals surface area (Å²) in [4.78, 5) is 36.9. The normalized spacial score (nSPS) is 10.8. The van der Waals surface area contributed by atoms with Gasteiger partial charge in [-0.05, 0) is 24.6 Å². The molecule has 1 amide bonds. The van der Waals surface area contributed by atoms with Crippen molar-refractivity contribution in [3.63, 3.8) is 0 Å². The fourth-order valence-electron chi connectivity index (χ4n) is 2.68. The van der Waals surface area contributed by atoms with E-state index >= 15 is 0 Å². The minimum atomic E-state index is -0.881. The van der Waals surface area contributed by atoms with Gasteiger partial charge in [0.05, 0.1) is 6.54 Å². The molecule has 8 heteroatoms. The smallest absolute Gasteiger partial charge is 0.279 e. The molecular formula is C18H16ClN3O4. The summed E-state index contributed by atoms with van der Waals surface area (Å²) in [6, 6.07) is 7.03. The van der Waals surface area contributed by atoms with Crippen molar-refractivity contribution in [2.45, 2.75) is 13.5 Å². The highest BCUT2D eigenvalue weighted by atomic mass is 35.5. The lowest BCUT2D eigenvalue weighted by Gasteiger charge is -2.11. The van der Waals surface area contributed by atoms with Gasteiger partial charge in [0.1, 0.15) is 5.56 Å². The van der Waals surface area contributed by atoms with Crippen LogP contribution in [0.4, 0.5) is 0 Å². The molecule has 0 aliphatic carbocycles. The molecule has 0 aliphatic rings. The van der Waals surface area contributed by atoms with E-state index < -0.39 is 22.6 Å². The van der Waals surface area contributed by atoms with Crippen molar-refractivity contribution in [2.75, 3.05) is 6.54 Å². The number of aromatic hydroxyl groups is 1. The largest absolute Gasteiger partial charge is 0.503 e. The lowest BCUT2D eigenvalue weighted by atomic mass is 10.2. The third-order valence-electron chi connectivity index (χ3n) is 3.90. The molecule has 0 radical (unpaired) electrons. The number of aromatic nitrogens is 2. The Morgan fingerprint density at radius 2 is 2.04 bits per heavy atom. The molecule has 26 heavy (non-hydrogen) atoms. The monoisotopic (exact) mass is 373 g/mol. The van der Waals surface area contributed by atoms with Crippen LogP contribution in [0, 0.1) is 0 Å². The summed E-state index contributed by atoms with van der Waals surface area (Å²) < 4.78 is 2.63. The van der Waals surface area contributed by atoms with E-state index in [-0.39, 0.29) is 17.6 Å². The first kappa shape index (κ1) is 17.8. The quantitative estimate of drug-likeness (QED) is 0.726. The Bertz CT molecular complexity index is 1120. The van der Waals surface area contributed by atoms with Gasteiger partial charge in [-0.1, -0.05) is 23.7 Å². The number of benzene rings is 1. The molecular weight excluding hydrogens is 358 g/mol. The van der Waals surface area contributed by atoms with Crippen LogP contribution in [-0.4, -0.2) is 26.5 Å². The molecule has 2 heterocycles. The number of halogens is 1. The van der Waals surface area contributed by atoms with Crippen molar-refractivity contribution < 1.29 is 9.90 Å². The lowest BCUT2D eigenvalue weighted by Crippen LogP contribution is -2.31. The van der Waals surface area contributed by atoms with E-state index in [9.17, 15) is 19.5 Å². The number of rotatable bonds is 4. The first-order valence-electron chi connectivity index (χ1n) is 7.92. The zero-order valence-electron chi connectivity index (χ0n) is 13.9. The Hall–Kier alpha value is -3.06. The summed E-state index contributed by atoms with van der Waals surface area (Å²) in [6.07, 6.45) is 4.26. The summed E-state index contributed by atoms with van der Waals surface area (Å²) >= 11 is 5.95. The number of hydrogen-bond donors (Lipinski definition) is 2. The van der Waals surface area contributed by atoms with Gasteiger partial charge in [0.25, 0.3) is 11.5 Å². The zero-order chi connectivity index (χ0) is 18.8. The van der Waals surface area contributed by atoms with Gasteiger partial charge in [0, 0.05) is 30.2 Å². The van der Waals surface area contributed by atoms with Gasteiger partial charge >= 0.3 is 0 Å². The summed E-state index contributed by atoms with van der Waals surface area (Å²) in [5.41, 5.74) is -1.05. The van der Waals surface area contributed by atoms with E-state index in [2.05, 4.69) is 5.32 Å². The van der Waals surface area contributed by atoms with Crippen molar-refractivity contribution >= 4 is 23.0 Å². The van der Waals surface area contributed by atoms with Crippen LogP contribution in [-0.2, 0) is 6.54 Å². The van der Waals surface area contributed by atoms with Crippen molar-refractivity contribution in [1.82, 2.24) is 14.3 Å². The first-order valence-corrected chi connectivity index (χ1v) is 8.30. The van der Waals surface area contributed by atoms with Gasteiger partial charge in [-0.3, -0.25) is 14.4 Å². The zero-order valence-corrected chi connectivity index (χ0v) is 14.7. The Morgan fingerprint density at radius 3 is 2.73 bits per heavy atom. The number of fused-ring (bicyclic) bond motifs is 1. The minimum absolute atomic E-state index is 0.187. The van der Waals surface area contributed by atoms with E-state index in [1.807, 2.05) is 6.07 Å². The molecule has 7 nitrogen and oxygen atoms in total. The third-order valence-corrected chi connectivity index (χ3v) is 4.14. The van der Waals surface area contributed by atoms with E-state index in [1.165, 1.54) is 27.6 Å².